The van der Waals surface area contributed by atoms with Gasteiger partial charge in [0.05, 0.1) is 30.7 Å². The molecule has 0 aliphatic carbocycles. The number of aliphatic hydroxyl groups is 1. The van der Waals surface area contributed by atoms with Gasteiger partial charge < -0.3 is 14.7 Å². The van der Waals surface area contributed by atoms with Crippen LogP contribution in [0.3, 0.4) is 0 Å². The molecular weight excluding hydrogens is 329 g/mol. The van der Waals surface area contributed by atoms with Gasteiger partial charge in [-0.25, -0.2) is 4.98 Å². The molecule has 24 heavy (non-hydrogen) atoms. The van der Waals surface area contributed by atoms with Gasteiger partial charge in [-0.2, -0.15) is 18.3 Å². The fourth-order valence-electron chi connectivity index (χ4n) is 2.62. The van der Waals surface area contributed by atoms with Crippen molar-refractivity contribution in [2.75, 3.05) is 13.2 Å². The van der Waals surface area contributed by atoms with Crippen molar-refractivity contribution in [3.05, 3.63) is 35.3 Å². The van der Waals surface area contributed by atoms with Crippen molar-refractivity contribution in [1.29, 1.82) is 0 Å². The highest BCUT2D eigenvalue weighted by Gasteiger charge is 2.50. The molecule has 128 valence electrons. The first kappa shape index (κ1) is 16.4. The molecule has 3 heterocycles. The maximum absolute atomic E-state index is 13.2. The van der Waals surface area contributed by atoms with Crippen LogP contribution in [0.25, 0.3) is 0 Å². The number of ether oxygens (including phenoxy) is 1. The summed E-state index contributed by atoms with van der Waals surface area (Å²) in [4.78, 5) is 17.2. The normalized spacial score (nSPS) is 20.2. The van der Waals surface area contributed by atoms with E-state index in [4.69, 9.17) is 9.84 Å². The van der Waals surface area contributed by atoms with E-state index in [9.17, 15) is 18.0 Å². The number of amides is 1. The molecule has 2 aliphatic rings. The maximum atomic E-state index is 13.2. The molecule has 0 bridgehead atoms. The van der Waals surface area contributed by atoms with Crippen LogP contribution in [0.4, 0.5) is 13.2 Å². The fourth-order valence-corrected chi connectivity index (χ4v) is 2.62. The standard InChI is InChI=1S/C14H13F3N4O3/c15-14(16,17)12-10(5-18-20-13(12)23)21-6-8-1-2-11(24-4-3-22)19-9(8)7-21/h1-2,5,12,22H,3-4,6-7H2. The molecule has 1 aromatic rings. The van der Waals surface area contributed by atoms with Crippen LogP contribution in [0.1, 0.15) is 11.3 Å². The summed E-state index contributed by atoms with van der Waals surface area (Å²) in [6.45, 7) is 0.195. The van der Waals surface area contributed by atoms with E-state index in [1.807, 2.05) is 0 Å². The Bertz CT molecular complexity index is 718. The zero-order valence-electron chi connectivity index (χ0n) is 12.3. The van der Waals surface area contributed by atoms with Crippen LogP contribution in [0.15, 0.2) is 34.3 Å². The zero-order chi connectivity index (χ0) is 17.3. The maximum Gasteiger partial charge on any atom is 0.406 e. The summed E-state index contributed by atoms with van der Waals surface area (Å²) >= 11 is 0. The van der Waals surface area contributed by atoms with E-state index >= 15 is 0 Å². The van der Waals surface area contributed by atoms with Crippen LogP contribution < -0.4 is 4.74 Å². The van der Waals surface area contributed by atoms with Crippen LogP contribution in [0, 0.1) is 5.92 Å². The summed E-state index contributed by atoms with van der Waals surface area (Å²) in [5, 5.41) is 15.1. The highest BCUT2D eigenvalue weighted by molar-refractivity contribution is 5.83. The van der Waals surface area contributed by atoms with Crippen LogP contribution in [0.5, 0.6) is 5.88 Å². The predicted molar refractivity (Wildman–Crippen MR) is 73.6 cm³/mol. The Balaban J connectivity index is 1.82. The third kappa shape index (κ3) is 3.09. The van der Waals surface area contributed by atoms with Crippen LogP contribution >= 0.6 is 0 Å². The number of rotatable bonds is 4. The second-order valence-corrected chi connectivity index (χ2v) is 5.27. The van der Waals surface area contributed by atoms with Gasteiger partial charge in [-0.05, 0) is 11.6 Å². The van der Waals surface area contributed by atoms with Gasteiger partial charge in [-0.1, -0.05) is 0 Å². The second-order valence-electron chi connectivity index (χ2n) is 5.27. The first-order valence-corrected chi connectivity index (χ1v) is 7.09. The smallest absolute Gasteiger partial charge is 0.406 e. The Morgan fingerprint density at radius 3 is 2.83 bits per heavy atom. The third-order valence-electron chi connectivity index (χ3n) is 3.67. The Hall–Kier alpha value is -2.49. The molecule has 0 radical (unpaired) electrons. The molecular formula is C14H13F3N4O3. The van der Waals surface area contributed by atoms with E-state index < -0.39 is 18.0 Å². The van der Waals surface area contributed by atoms with Gasteiger partial charge in [0.15, 0.2) is 5.92 Å². The minimum absolute atomic E-state index is 0.0751. The Labute approximate surface area is 134 Å². The van der Waals surface area contributed by atoms with Gasteiger partial charge in [0, 0.05) is 12.6 Å². The van der Waals surface area contributed by atoms with Crippen molar-refractivity contribution in [3.8, 4) is 5.88 Å². The van der Waals surface area contributed by atoms with Crippen LogP contribution in [-0.4, -0.2) is 40.3 Å². The molecule has 1 N–H and O–H groups in total. The highest BCUT2D eigenvalue weighted by atomic mass is 19.4. The summed E-state index contributed by atoms with van der Waals surface area (Å²) in [6, 6.07) is 3.28. The zero-order valence-corrected chi connectivity index (χ0v) is 12.3. The number of hydrogen-bond donors (Lipinski definition) is 1. The molecule has 2 aliphatic heterocycles. The number of aliphatic hydroxyl groups excluding tert-OH is 1. The first-order chi connectivity index (χ1) is 11.4. The minimum Gasteiger partial charge on any atom is -0.475 e. The number of carbonyl (C=O) groups excluding carboxylic acids is 1. The van der Waals surface area contributed by atoms with Crippen molar-refractivity contribution in [2.24, 2.45) is 16.1 Å². The highest BCUT2D eigenvalue weighted by Crippen LogP contribution is 2.39. The molecule has 0 aromatic carbocycles. The van der Waals surface area contributed by atoms with Gasteiger partial charge in [-0.3, -0.25) is 4.79 Å². The number of alkyl halides is 3. The molecule has 1 aromatic heterocycles. The number of hydrogen-bond acceptors (Lipinski definition) is 6. The lowest BCUT2D eigenvalue weighted by Gasteiger charge is -2.28. The monoisotopic (exact) mass is 342 g/mol. The first-order valence-electron chi connectivity index (χ1n) is 7.09. The summed E-state index contributed by atoms with van der Waals surface area (Å²) in [5.74, 6) is -3.35. The number of pyridine rings is 1. The summed E-state index contributed by atoms with van der Waals surface area (Å²) in [7, 11) is 0. The average Bonchev–Trinajstić information content (AvgIpc) is 2.94. The molecule has 0 fully saturated rings. The van der Waals surface area contributed by atoms with E-state index in [1.54, 1.807) is 12.1 Å². The van der Waals surface area contributed by atoms with E-state index in [0.717, 1.165) is 11.8 Å². The number of aromatic nitrogens is 1. The largest absolute Gasteiger partial charge is 0.475 e. The molecule has 0 saturated carbocycles. The topological polar surface area (TPSA) is 87.4 Å². The quantitative estimate of drug-likeness (QED) is 0.901. The van der Waals surface area contributed by atoms with E-state index in [1.165, 1.54) is 4.90 Å². The number of carbonyl (C=O) groups is 1. The molecule has 0 spiro atoms. The Morgan fingerprint density at radius 1 is 1.33 bits per heavy atom. The third-order valence-corrected chi connectivity index (χ3v) is 3.67. The minimum atomic E-state index is -4.74. The van der Waals surface area contributed by atoms with Gasteiger partial charge in [0.1, 0.15) is 6.61 Å². The number of azo groups is 1. The number of nitrogens with zero attached hydrogens (tertiary/aromatic N) is 4. The van der Waals surface area contributed by atoms with Crippen LogP contribution in [0.2, 0.25) is 0 Å². The lowest BCUT2D eigenvalue weighted by atomic mass is 10.0. The van der Waals surface area contributed by atoms with Crippen molar-refractivity contribution in [1.82, 2.24) is 9.88 Å². The van der Waals surface area contributed by atoms with E-state index in [0.29, 0.717) is 5.69 Å². The molecule has 3 rings (SSSR count). The molecule has 1 unspecified atom stereocenters. The Kier molecular flexibility index (Phi) is 4.22. The summed E-state index contributed by atoms with van der Waals surface area (Å²) in [5.41, 5.74) is 1.06. The Morgan fingerprint density at radius 2 is 2.12 bits per heavy atom. The SMILES string of the molecule is O=C1N=NC=C(N2Cc3ccc(OCCO)nc3C2)C1C(F)(F)F. The van der Waals surface area contributed by atoms with Crippen LogP contribution in [-0.2, 0) is 17.9 Å². The van der Waals surface area contributed by atoms with Crippen molar-refractivity contribution >= 4 is 5.91 Å². The van der Waals surface area contributed by atoms with Gasteiger partial charge in [0.25, 0.3) is 5.91 Å². The van der Waals surface area contributed by atoms with Crippen molar-refractivity contribution in [2.45, 2.75) is 19.3 Å². The number of fused-ring (bicyclic) bond motifs is 1. The van der Waals surface area contributed by atoms with E-state index in [2.05, 4.69) is 15.2 Å². The van der Waals surface area contributed by atoms with Crippen molar-refractivity contribution in [3.63, 3.8) is 0 Å². The fraction of sp³-hybridized carbons (Fsp3) is 0.429. The average molecular weight is 342 g/mol. The van der Waals surface area contributed by atoms with Gasteiger partial charge >= 0.3 is 6.18 Å². The molecule has 7 nitrogen and oxygen atoms in total. The summed E-state index contributed by atoms with van der Waals surface area (Å²) in [6.07, 6.45) is -3.77. The van der Waals surface area contributed by atoms with Crippen molar-refractivity contribution < 1.29 is 27.8 Å². The summed E-state index contributed by atoms with van der Waals surface area (Å²) < 4.78 is 44.7. The molecule has 0 saturated heterocycles. The lowest BCUT2D eigenvalue weighted by molar-refractivity contribution is -0.177. The lowest BCUT2D eigenvalue weighted by Crippen LogP contribution is -2.38. The van der Waals surface area contributed by atoms with Gasteiger partial charge in [0.2, 0.25) is 5.88 Å². The second kappa shape index (κ2) is 6.19. The van der Waals surface area contributed by atoms with Gasteiger partial charge in [-0.15, -0.1) is 5.11 Å². The van der Waals surface area contributed by atoms with E-state index in [-0.39, 0.29) is 37.9 Å². The molecule has 1 atom stereocenters. The number of halogens is 3. The molecule has 1 amide bonds. The molecule has 10 heteroatoms. The predicted octanol–water partition coefficient (Wildman–Crippen LogP) is 1.78.